The number of aryl methyl sites for hydroxylation is 2. The van der Waals surface area contributed by atoms with Gasteiger partial charge in [0.15, 0.2) is 5.76 Å². The molecular weight excluding hydrogens is 328 g/mol. The lowest BCUT2D eigenvalue weighted by Gasteiger charge is -2.34. The Morgan fingerprint density at radius 1 is 1.08 bits per heavy atom. The van der Waals surface area contributed by atoms with E-state index in [0.29, 0.717) is 18.5 Å². The van der Waals surface area contributed by atoms with E-state index in [-0.39, 0.29) is 11.7 Å². The molecule has 1 aromatic heterocycles. The third-order valence-corrected chi connectivity index (χ3v) is 5.18. The summed E-state index contributed by atoms with van der Waals surface area (Å²) in [6.07, 6.45) is 0.426. The summed E-state index contributed by atoms with van der Waals surface area (Å²) in [5.74, 6) is -0.582. The lowest BCUT2D eigenvalue weighted by molar-refractivity contribution is -0.122. The number of primary amides is 1. The Kier molecular flexibility index (Phi) is 3.80. The first kappa shape index (κ1) is 16.4. The minimum Gasteiger partial charge on any atom is -0.451 e. The first-order chi connectivity index (χ1) is 12.4. The third kappa shape index (κ3) is 2.65. The van der Waals surface area contributed by atoms with Crippen molar-refractivity contribution in [2.45, 2.75) is 32.9 Å². The van der Waals surface area contributed by atoms with Crippen LogP contribution in [0, 0.1) is 13.8 Å². The third-order valence-electron chi connectivity index (χ3n) is 5.18. The molecule has 0 radical (unpaired) electrons. The molecule has 1 atom stereocenters. The van der Waals surface area contributed by atoms with Crippen molar-refractivity contribution in [2.24, 2.45) is 5.73 Å². The van der Waals surface area contributed by atoms with Crippen LogP contribution in [0.2, 0.25) is 0 Å². The number of benzene rings is 2. The molecule has 2 amide bonds. The molecule has 5 heteroatoms. The quantitative estimate of drug-likeness (QED) is 0.773. The minimum absolute atomic E-state index is 0.232. The van der Waals surface area contributed by atoms with Crippen molar-refractivity contribution in [3.8, 4) is 0 Å². The Hall–Kier alpha value is -3.08. The molecule has 0 saturated carbocycles. The molecule has 2 N–H and O–H groups in total. The van der Waals surface area contributed by atoms with Crippen LogP contribution >= 0.6 is 0 Å². The maximum absolute atomic E-state index is 13.1. The predicted octanol–water partition coefficient (Wildman–Crippen LogP) is 3.10. The largest absolute Gasteiger partial charge is 0.451 e. The topological polar surface area (TPSA) is 76.5 Å². The van der Waals surface area contributed by atoms with Crippen molar-refractivity contribution >= 4 is 22.8 Å². The van der Waals surface area contributed by atoms with Gasteiger partial charge in [-0.05, 0) is 54.3 Å². The van der Waals surface area contributed by atoms with Crippen LogP contribution in [0.15, 0.2) is 46.9 Å². The van der Waals surface area contributed by atoms with Gasteiger partial charge in [-0.15, -0.1) is 0 Å². The van der Waals surface area contributed by atoms with E-state index >= 15 is 0 Å². The van der Waals surface area contributed by atoms with E-state index in [1.807, 2.05) is 50.2 Å². The SMILES string of the molecule is Cc1cc2cc(C(=O)N3Cc4ccccc4C[C@H]3C(N)=O)oc2cc1C. The molecule has 0 spiro atoms. The molecule has 2 aromatic carbocycles. The molecule has 2 heterocycles. The van der Waals surface area contributed by atoms with Gasteiger partial charge in [-0.1, -0.05) is 24.3 Å². The fourth-order valence-electron chi connectivity index (χ4n) is 3.54. The monoisotopic (exact) mass is 348 g/mol. The van der Waals surface area contributed by atoms with Gasteiger partial charge in [-0.3, -0.25) is 9.59 Å². The van der Waals surface area contributed by atoms with Crippen LogP contribution in [0.5, 0.6) is 0 Å². The second kappa shape index (κ2) is 6.02. The minimum atomic E-state index is -0.672. The fraction of sp³-hybridized carbons (Fsp3) is 0.238. The molecule has 26 heavy (non-hydrogen) atoms. The van der Waals surface area contributed by atoms with E-state index in [9.17, 15) is 9.59 Å². The smallest absolute Gasteiger partial charge is 0.290 e. The van der Waals surface area contributed by atoms with E-state index in [2.05, 4.69) is 0 Å². The van der Waals surface area contributed by atoms with Crippen LogP contribution < -0.4 is 5.73 Å². The number of carbonyl (C=O) groups excluding carboxylic acids is 2. The number of rotatable bonds is 2. The Morgan fingerprint density at radius 3 is 2.50 bits per heavy atom. The molecule has 0 unspecified atom stereocenters. The average Bonchev–Trinajstić information content (AvgIpc) is 3.03. The van der Waals surface area contributed by atoms with E-state index in [0.717, 1.165) is 27.6 Å². The highest BCUT2D eigenvalue weighted by atomic mass is 16.3. The molecular formula is C21H20N2O3. The van der Waals surface area contributed by atoms with Gasteiger partial charge in [0, 0.05) is 18.4 Å². The van der Waals surface area contributed by atoms with E-state index in [1.54, 1.807) is 6.07 Å². The van der Waals surface area contributed by atoms with Crippen molar-refractivity contribution in [3.05, 3.63) is 70.5 Å². The van der Waals surface area contributed by atoms with Crippen LogP contribution in [0.25, 0.3) is 11.0 Å². The predicted molar refractivity (Wildman–Crippen MR) is 98.7 cm³/mol. The summed E-state index contributed by atoms with van der Waals surface area (Å²) in [5, 5.41) is 0.879. The second-order valence-electron chi connectivity index (χ2n) is 6.91. The summed E-state index contributed by atoms with van der Waals surface area (Å²) in [6, 6.07) is 12.8. The second-order valence-corrected chi connectivity index (χ2v) is 6.91. The molecule has 0 bridgehead atoms. The zero-order valence-corrected chi connectivity index (χ0v) is 14.8. The standard InChI is InChI=1S/C21H20N2O3/c1-12-7-16-10-19(26-18(16)8-13(12)2)21(25)23-11-15-6-4-3-5-14(15)9-17(23)20(22)24/h3-8,10,17H,9,11H2,1-2H3,(H2,22,24)/t17-/m0/s1. The molecule has 0 fully saturated rings. The van der Waals surface area contributed by atoms with Crippen molar-refractivity contribution in [3.63, 3.8) is 0 Å². The Bertz CT molecular complexity index is 996. The number of carbonyl (C=O) groups is 2. The maximum atomic E-state index is 13.1. The summed E-state index contributed by atoms with van der Waals surface area (Å²) in [6.45, 7) is 4.37. The lowest BCUT2D eigenvalue weighted by atomic mass is 9.93. The highest BCUT2D eigenvalue weighted by Crippen LogP contribution is 2.28. The normalized spacial score (nSPS) is 16.5. The first-order valence-corrected chi connectivity index (χ1v) is 8.62. The number of fused-ring (bicyclic) bond motifs is 2. The van der Waals surface area contributed by atoms with Crippen LogP contribution in [0.4, 0.5) is 0 Å². The van der Waals surface area contributed by atoms with Crippen LogP contribution in [-0.2, 0) is 17.8 Å². The molecule has 3 aromatic rings. The van der Waals surface area contributed by atoms with Gasteiger partial charge in [0.1, 0.15) is 11.6 Å². The van der Waals surface area contributed by atoms with Gasteiger partial charge in [0.05, 0.1) is 0 Å². The Morgan fingerprint density at radius 2 is 1.77 bits per heavy atom. The summed E-state index contributed by atoms with van der Waals surface area (Å²) in [7, 11) is 0. The summed E-state index contributed by atoms with van der Waals surface area (Å²) >= 11 is 0. The van der Waals surface area contributed by atoms with Gasteiger partial charge in [-0.25, -0.2) is 0 Å². The number of hydrogen-bond acceptors (Lipinski definition) is 3. The van der Waals surface area contributed by atoms with Gasteiger partial charge >= 0.3 is 0 Å². The maximum Gasteiger partial charge on any atom is 0.290 e. The Labute approximate surface area is 151 Å². The average molecular weight is 348 g/mol. The Balaban J connectivity index is 1.73. The number of furan rings is 1. The van der Waals surface area contributed by atoms with Gasteiger partial charge < -0.3 is 15.1 Å². The molecule has 1 aliphatic heterocycles. The highest BCUT2D eigenvalue weighted by molar-refractivity contribution is 5.99. The van der Waals surface area contributed by atoms with Crippen LogP contribution in [0.3, 0.4) is 0 Å². The molecule has 0 aliphatic carbocycles. The lowest BCUT2D eigenvalue weighted by Crippen LogP contribution is -2.51. The van der Waals surface area contributed by atoms with E-state index < -0.39 is 11.9 Å². The first-order valence-electron chi connectivity index (χ1n) is 8.62. The van der Waals surface area contributed by atoms with Gasteiger partial charge in [0.25, 0.3) is 5.91 Å². The summed E-state index contributed by atoms with van der Waals surface area (Å²) < 4.78 is 5.79. The molecule has 0 saturated heterocycles. The number of nitrogens with two attached hydrogens (primary N) is 1. The summed E-state index contributed by atoms with van der Waals surface area (Å²) in [5.41, 5.74) is 10.6. The van der Waals surface area contributed by atoms with Crippen molar-refractivity contribution < 1.29 is 14.0 Å². The highest BCUT2D eigenvalue weighted by Gasteiger charge is 2.35. The molecule has 1 aliphatic rings. The van der Waals surface area contributed by atoms with E-state index in [1.165, 1.54) is 4.90 Å². The van der Waals surface area contributed by atoms with Gasteiger partial charge in [-0.2, -0.15) is 0 Å². The van der Waals surface area contributed by atoms with Crippen LogP contribution in [0.1, 0.15) is 32.8 Å². The molecule has 132 valence electrons. The van der Waals surface area contributed by atoms with Crippen LogP contribution in [-0.4, -0.2) is 22.8 Å². The van der Waals surface area contributed by atoms with E-state index in [4.69, 9.17) is 10.2 Å². The zero-order valence-electron chi connectivity index (χ0n) is 14.8. The zero-order chi connectivity index (χ0) is 18.4. The van der Waals surface area contributed by atoms with Crippen molar-refractivity contribution in [1.82, 2.24) is 4.90 Å². The van der Waals surface area contributed by atoms with Gasteiger partial charge in [0.2, 0.25) is 5.91 Å². The van der Waals surface area contributed by atoms with Crippen molar-refractivity contribution in [2.75, 3.05) is 0 Å². The summed E-state index contributed by atoms with van der Waals surface area (Å²) in [4.78, 5) is 26.6. The fourth-order valence-corrected chi connectivity index (χ4v) is 3.54. The van der Waals surface area contributed by atoms with Crippen molar-refractivity contribution in [1.29, 1.82) is 0 Å². The molecule has 5 nitrogen and oxygen atoms in total. The molecule has 4 rings (SSSR count). The number of amides is 2. The number of nitrogens with zero attached hydrogens (tertiary/aromatic N) is 1. The number of hydrogen-bond donors (Lipinski definition) is 1.